The molecule has 0 saturated carbocycles. The average molecular weight is 313 g/mol. The van der Waals surface area contributed by atoms with Gasteiger partial charge in [0.05, 0.1) is 18.2 Å². The maximum absolute atomic E-state index is 5.11. The highest BCUT2D eigenvalue weighted by atomic mass is 16.5. The third kappa shape index (κ3) is 3.26. The fraction of sp³-hybridized carbons (Fsp3) is 0.400. The summed E-state index contributed by atoms with van der Waals surface area (Å²) >= 11 is 0. The second-order valence-electron chi connectivity index (χ2n) is 5.28. The molecule has 0 amide bonds. The monoisotopic (exact) mass is 313 g/mol. The van der Waals surface area contributed by atoms with Crippen LogP contribution in [0.5, 0.6) is 0 Å². The number of methoxy groups -OCH3 is 1. The van der Waals surface area contributed by atoms with Crippen LogP contribution < -0.4 is 5.32 Å². The number of hydrogen-bond acceptors (Lipinski definition) is 7. The Morgan fingerprint density at radius 1 is 1.30 bits per heavy atom. The van der Waals surface area contributed by atoms with Crippen molar-refractivity contribution in [2.75, 3.05) is 19.0 Å². The highest BCUT2D eigenvalue weighted by Gasteiger charge is 2.15. The number of rotatable bonds is 6. The van der Waals surface area contributed by atoms with Gasteiger partial charge in [-0.25, -0.2) is 15.0 Å². The van der Waals surface area contributed by atoms with Crippen LogP contribution in [0.2, 0.25) is 0 Å². The van der Waals surface area contributed by atoms with Crippen LogP contribution in [0, 0.1) is 6.92 Å². The third-order valence-corrected chi connectivity index (χ3v) is 3.54. The maximum Gasteiger partial charge on any atom is 0.156 e. The summed E-state index contributed by atoms with van der Waals surface area (Å²) in [5, 5.41) is 11.5. The minimum atomic E-state index is -0.0743. The van der Waals surface area contributed by atoms with Gasteiger partial charge in [-0.3, -0.25) is 0 Å². The van der Waals surface area contributed by atoms with E-state index in [1.54, 1.807) is 13.4 Å². The van der Waals surface area contributed by atoms with Crippen molar-refractivity contribution in [2.24, 2.45) is 0 Å². The molecule has 0 aliphatic rings. The van der Waals surface area contributed by atoms with E-state index in [0.29, 0.717) is 19.0 Å². The summed E-state index contributed by atoms with van der Waals surface area (Å²) in [6.07, 6.45) is 3.23. The first-order valence-corrected chi connectivity index (χ1v) is 7.40. The molecule has 0 bridgehead atoms. The van der Waals surface area contributed by atoms with E-state index in [1.807, 2.05) is 30.5 Å². The highest BCUT2D eigenvalue weighted by Crippen LogP contribution is 2.22. The molecule has 0 fully saturated rings. The fourth-order valence-electron chi connectivity index (χ4n) is 2.37. The SMILES string of the molecule is COCCn1cnnc1C(C)Nc1ncnc2ccc(C)nc12. The molecule has 8 heteroatoms. The Hall–Kier alpha value is -2.61. The highest BCUT2D eigenvalue weighted by molar-refractivity contribution is 5.84. The zero-order valence-electron chi connectivity index (χ0n) is 13.4. The van der Waals surface area contributed by atoms with Gasteiger partial charge in [0.25, 0.3) is 0 Å². The minimum absolute atomic E-state index is 0.0743. The number of aromatic nitrogens is 6. The van der Waals surface area contributed by atoms with Gasteiger partial charge in [-0.1, -0.05) is 0 Å². The van der Waals surface area contributed by atoms with Gasteiger partial charge in [-0.15, -0.1) is 10.2 Å². The average Bonchev–Trinajstić information content (AvgIpc) is 3.02. The van der Waals surface area contributed by atoms with Gasteiger partial charge in [-0.2, -0.15) is 0 Å². The van der Waals surface area contributed by atoms with Crippen molar-refractivity contribution in [2.45, 2.75) is 26.4 Å². The van der Waals surface area contributed by atoms with E-state index < -0.39 is 0 Å². The number of ether oxygens (including phenoxy) is 1. The standard InChI is InChI=1S/C15H19N7O/c1-10-4-5-12-13(19-10)14(17-8-16-12)20-11(2)15-21-18-9-22(15)6-7-23-3/h4-5,8-9,11H,6-7H2,1-3H3,(H,16,17,20). The normalized spacial score (nSPS) is 12.5. The molecule has 0 aromatic carbocycles. The molecule has 3 aromatic heterocycles. The quantitative estimate of drug-likeness (QED) is 0.741. The summed E-state index contributed by atoms with van der Waals surface area (Å²) in [5.41, 5.74) is 2.48. The zero-order valence-corrected chi connectivity index (χ0v) is 13.4. The molecule has 0 saturated heterocycles. The number of pyridine rings is 1. The van der Waals surface area contributed by atoms with Gasteiger partial charge >= 0.3 is 0 Å². The van der Waals surface area contributed by atoms with Crippen molar-refractivity contribution >= 4 is 16.9 Å². The van der Waals surface area contributed by atoms with Crippen LogP contribution >= 0.6 is 0 Å². The second kappa shape index (κ2) is 6.66. The van der Waals surface area contributed by atoms with E-state index in [9.17, 15) is 0 Å². The first-order valence-electron chi connectivity index (χ1n) is 7.40. The topological polar surface area (TPSA) is 90.6 Å². The summed E-state index contributed by atoms with van der Waals surface area (Å²) in [7, 11) is 1.67. The Morgan fingerprint density at radius 3 is 3.00 bits per heavy atom. The Labute approximate surface area is 134 Å². The lowest BCUT2D eigenvalue weighted by Crippen LogP contribution is -2.16. The smallest absolute Gasteiger partial charge is 0.156 e. The molecule has 0 spiro atoms. The molecule has 3 heterocycles. The van der Waals surface area contributed by atoms with E-state index in [2.05, 4.69) is 30.5 Å². The first-order chi connectivity index (χ1) is 11.2. The summed E-state index contributed by atoms with van der Waals surface area (Å²) in [6, 6.07) is 3.80. The van der Waals surface area contributed by atoms with Crippen molar-refractivity contribution in [1.82, 2.24) is 29.7 Å². The molecule has 120 valence electrons. The molecule has 1 atom stereocenters. The lowest BCUT2D eigenvalue weighted by Gasteiger charge is -2.16. The maximum atomic E-state index is 5.11. The van der Waals surface area contributed by atoms with E-state index in [1.165, 1.54) is 6.33 Å². The molecule has 0 aliphatic carbocycles. The predicted octanol–water partition coefficient (Wildman–Crippen LogP) is 1.74. The predicted molar refractivity (Wildman–Crippen MR) is 86.0 cm³/mol. The van der Waals surface area contributed by atoms with Crippen LogP contribution in [0.3, 0.4) is 0 Å². The second-order valence-corrected chi connectivity index (χ2v) is 5.28. The number of anilines is 1. The first kappa shape index (κ1) is 15.3. The van der Waals surface area contributed by atoms with Crippen molar-refractivity contribution in [1.29, 1.82) is 0 Å². The van der Waals surface area contributed by atoms with Gasteiger partial charge in [0.1, 0.15) is 18.2 Å². The number of fused-ring (bicyclic) bond motifs is 1. The zero-order chi connectivity index (χ0) is 16.2. The van der Waals surface area contributed by atoms with Gasteiger partial charge in [0, 0.05) is 19.3 Å². The van der Waals surface area contributed by atoms with Crippen molar-refractivity contribution in [3.8, 4) is 0 Å². The molecule has 8 nitrogen and oxygen atoms in total. The van der Waals surface area contributed by atoms with Crippen molar-refractivity contribution in [3.63, 3.8) is 0 Å². The molecule has 0 radical (unpaired) electrons. The van der Waals surface area contributed by atoms with Crippen LogP contribution in [0.25, 0.3) is 11.0 Å². The molecular weight excluding hydrogens is 294 g/mol. The van der Waals surface area contributed by atoms with E-state index in [4.69, 9.17) is 4.74 Å². The van der Waals surface area contributed by atoms with E-state index >= 15 is 0 Å². The van der Waals surface area contributed by atoms with Crippen LogP contribution in [-0.4, -0.2) is 43.4 Å². The summed E-state index contributed by atoms with van der Waals surface area (Å²) in [5.74, 6) is 1.51. The number of hydrogen-bond donors (Lipinski definition) is 1. The Kier molecular flexibility index (Phi) is 4.42. The molecule has 3 rings (SSSR count). The van der Waals surface area contributed by atoms with Gasteiger partial charge < -0.3 is 14.6 Å². The lowest BCUT2D eigenvalue weighted by molar-refractivity contribution is 0.186. The van der Waals surface area contributed by atoms with Gasteiger partial charge in [0.2, 0.25) is 0 Å². The number of nitrogens with one attached hydrogen (secondary N) is 1. The van der Waals surface area contributed by atoms with E-state index in [0.717, 1.165) is 22.6 Å². The van der Waals surface area contributed by atoms with Crippen molar-refractivity contribution in [3.05, 3.63) is 36.3 Å². The largest absolute Gasteiger partial charge is 0.383 e. The molecule has 1 unspecified atom stereocenters. The molecule has 23 heavy (non-hydrogen) atoms. The van der Waals surface area contributed by atoms with Crippen LogP contribution in [0.1, 0.15) is 24.5 Å². The van der Waals surface area contributed by atoms with E-state index in [-0.39, 0.29) is 6.04 Å². The van der Waals surface area contributed by atoms with Crippen LogP contribution in [-0.2, 0) is 11.3 Å². The summed E-state index contributed by atoms with van der Waals surface area (Å²) < 4.78 is 7.07. The molecule has 3 aromatic rings. The molecular formula is C15H19N7O. The number of nitrogens with zero attached hydrogens (tertiary/aromatic N) is 6. The lowest BCUT2D eigenvalue weighted by atomic mass is 10.2. The van der Waals surface area contributed by atoms with Crippen LogP contribution in [0.4, 0.5) is 5.82 Å². The summed E-state index contributed by atoms with van der Waals surface area (Å²) in [4.78, 5) is 13.1. The third-order valence-electron chi connectivity index (χ3n) is 3.54. The Morgan fingerprint density at radius 2 is 2.17 bits per heavy atom. The fourth-order valence-corrected chi connectivity index (χ4v) is 2.37. The van der Waals surface area contributed by atoms with Gasteiger partial charge in [0.15, 0.2) is 11.6 Å². The Bertz CT molecular complexity index is 801. The molecule has 0 aliphatic heterocycles. The molecule has 1 N–H and O–H groups in total. The van der Waals surface area contributed by atoms with Gasteiger partial charge in [-0.05, 0) is 26.0 Å². The van der Waals surface area contributed by atoms with Crippen molar-refractivity contribution < 1.29 is 4.74 Å². The Balaban J connectivity index is 1.87. The minimum Gasteiger partial charge on any atom is -0.383 e. The summed E-state index contributed by atoms with van der Waals surface area (Å²) in [6.45, 7) is 5.26. The number of aryl methyl sites for hydroxylation is 1. The van der Waals surface area contributed by atoms with Crippen LogP contribution in [0.15, 0.2) is 24.8 Å².